The monoisotopic (exact) mass is 395 g/mol. The van der Waals surface area contributed by atoms with Crippen molar-refractivity contribution in [2.45, 2.75) is 31.5 Å². The maximum Gasteiger partial charge on any atom is 0.271 e. The molecule has 0 amide bonds. The van der Waals surface area contributed by atoms with E-state index in [9.17, 15) is 8.42 Å². The van der Waals surface area contributed by atoms with E-state index in [1.807, 2.05) is 42.8 Å². The first-order chi connectivity index (χ1) is 11.8. The van der Waals surface area contributed by atoms with E-state index in [0.717, 1.165) is 22.6 Å². The van der Waals surface area contributed by atoms with E-state index in [4.69, 9.17) is 11.6 Å². The normalized spacial score (nSPS) is 11.7. The fourth-order valence-corrected chi connectivity index (χ4v) is 5.23. The molecule has 132 valence electrons. The van der Waals surface area contributed by atoms with Crippen LogP contribution in [0.15, 0.2) is 40.6 Å². The Morgan fingerprint density at radius 1 is 1.16 bits per heavy atom. The van der Waals surface area contributed by atoms with Crippen molar-refractivity contribution in [1.82, 2.24) is 9.78 Å². The Hall–Kier alpha value is -1.83. The fraction of sp³-hybridized carbons (Fsp3) is 0.235. The van der Waals surface area contributed by atoms with Gasteiger partial charge in [-0.15, -0.1) is 11.3 Å². The number of benzene rings is 1. The van der Waals surface area contributed by atoms with E-state index in [-0.39, 0.29) is 4.21 Å². The number of aryl methyl sites for hydroxylation is 2. The van der Waals surface area contributed by atoms with Gasteiger partial charge in [-0.3, -0.25) is 9.40 Å². The van der Waals surface area contributed by atoms with Crippen molar-refractivity contribution in [2.75, 3.05) is 4.72 Å². The van der Waals surface area contributed by atoms with Crippen LogP contribution in [-0.4, -0.2) is 18.2 Å². The molecule has 0 saturated carbocycles. The summed E-state index contributed by atoms with van der Waals surface area (Å²) in [4.78, 5) is 0. The zero-order valence-corrected chi connectivity index (χ0v) is 16.5. The second-order valence-electron chi connectivity index (χ2n) is 5.79. The number of halogens is 1. The van der Waals surface area contributed by atoms with Crippen LogP contribution in [0.25, 0.3) is 0 Å². The molecule has 0 spiro atoms. The zero-order valence-electron chi connectivity index (χ0n) is 14.1. The third-order valence-electron chi connectivity index (χ3n) is 4.01. The third kappa shape index (κ3) is 3.73. The number of thiophene rings is 1. The van der Waals surface area contributed by atoms with Crippen LogP contribution in [0.1, 0.15) is 22.5 Å². The van der Waals surface area contributed by atoms with Crippen LogP contribution in [0.5, 0.6) is 0 Å². The molecule has 0 aliphatic carbocycles. The molecule has 25 heavy (non-hydrogen) atoms. The van der Waals surface area contributed by atoms with Crippen molar-refractivity contribution in [3.05, 3.63) is 63.2 Å². The summed E-state index contributed by atoms with van der Waals surface area (Å²) in [5, 5.41) is 4.50. The predicted octanol–water partition coefficient (Wildman–Crippen LogP) is 4.37. The second-order valence-corrected chi connectivity index (χ2v) is 9.42. The Balaban J connectivity index is 1.91. The van der Waals surface area contributed by atoms with Gasteiger partial charge in [-0.25, -0.2) is 8.42 Å². The topological polar surface area (TPSA) is 64.0 Å². The van der Waals surface area contributed by atoms with Gasteiger partial charge in [0.05, 0.1) is 28.0 Å². The molecule has 0 radical (unpaired) electrons. The van der Waals surface area contributed by atoms with Gasteiger partial charge >= 0.3 is 0 Å². The van der Waals surface area contributed by atoms with Gasteiger partial charge < -0.3 is 0 Å². The van der Waals surface area contributed by atoms with Gasteiger partial charge in [0, 0.05) is 0 Å². The molecular weight excluding hydrogens is 378 g/mol. The number of aromatic nitrogens is 2. The highest BCUT2D eigenvalue weighted by Gasteiger charge is 2.21. The first-order valence-electron chi connectivity index (χ1n) is 7.64. The van der Waals surface area contributed by atoms with Crippen molar-refractivity contribution >= 4 is 38.6 Å². The molecule has 1 N–H and O–H groups in total. The van der Waals surface area contributed by atoms with Crippen LogP contribution < -0.4 is 4.72 Å². The molecule has 2 aromatic heterocycles. The lowest BCUT2D eigenvalue weighted by molar-refractivity contribution is 0.603. The number of anilines is 1. The van der Waals surface area contributed by atoms with Gasteiger partial charge in [0.1, 0.15) is 4.21 Å². The summed E-state index contributed by atoms with van der Waals surface area (Å²) >= 11 is 6.88. The SMILES string of the molecule is Cc1ccccc1Cn1nc(C)c(NS(=O)(=O)c2ccc(Cl)s2)c1C. The predicted molar refractivity (Wildman–Crippen MR) is 102 cm³/mol. The van der Waals surface area contributed by atoms with Gasteiger partial charge in [-0.1, -0.05) is 35.9 Å². The molecule has 8 heteroatoms. The highest BCUT2D eigenvalue weighted by Crippen LogP contribution is 2.29. The number of hydrogen-bond donors (Lipinski definition) is 1. The van der Waals surface area contributed by atoms with Gasteiger partial charge in [0.15, 0.2) is 0 Å². The number of sulfonamides is 1. The van der Waals surface area contributed by atoms with E-state index in [0.29, 0.717) is 22.3 Å². The first kappa shape index (κ1) is 18.0. The molecule has 0 fully saturated rings. The number of nitrogens with one attached hydrogen (secondary N) is 1. The molecule has 5 nitrogen and oxygen atoms in total. The lowest BCUT2D eigenvalue weighted by Gasteiger charge is -2.09. The van der Waals surface area contributed by atoms with E-state index in [1.54, 1.807) is 13.0 Å². The Bertz CT molecular complexity index is 1020. The minimum Gasteiger partial charge on any atom is -0.275 e. The Labute approximate surface area is 156 Å². The molecule has 0 unspecified atom stereocenters. The standard InChI is InChI=1S/C17H18ClN3O2S2/c1-11-6-4-5-7-14(11)10-21-13(3)17(12(2)19-21)20-25(22,23)16-9-8-15(18)24-16/h4-9,20H,10H2,1-3H3. The average Bonchev–Trinajstić information content (AvgIpc) is 3.09. The van der Waals surface area contributed by atoms with Crippen molar-refractivity contribution in [1.29, 1.82) is 0 Å². The molecule has 3 aromatic rings. The molecule has 0 bridgehead atoms. The summed E-state index contributed by atoms with van der Waals surface area (Å²) in [7, 11) is -3.67. The second kappa shape index (κ2) is 6.82. The highest BCUT2D eigenvalue weighted by atomic mass is 35.5. The summed E-state index contributed by atoms with van der Waals surface area (Å²) < 4.78 is 30.2. The van der Waals surface area contributed by atoms with Crippen LogP contribution in [-0.2, 0) is 16.6 Å². The van der Waals surface area contributed by atoms with Gasteiger partial charge in [0.25, 0.3) is 10.0 Å². The molecule has 0 aliphatic heterocycles. The van der Waals surface area contributed by atoms with Crippen molar-refractivity contribution in [3.8, 4) is 0 Å². The minimum atomic E-state index is -3.67. The molecule has 0 aliphatic rings. The smallest absolute Gasteiger partial charge is 0.271 e. The fourth-order valence-electron chi connectivity index (χ4n) is 2.57. The maximum atomic E-state index is 12.5. The lowest BCUT2D eigenvalue weighted by atomic mass is 10.1. The Kier molecular flexibility index (Phi) is 4.90. The molecule has 3 rings (SSSR count). The lowest BCUT2D eigenvalue weighted by Crippen LogP contribution is -2.13. The van der Waals surface area contributed by atoms with Crippen LogP contribution >= 0.6 is 22.9 Å². The van der Waals surface area contributed by atoms with E-state index in [1.165, 1.54) is 11.6 Å². The van der Waals surface area contributed by atoms with E-state index < -0.39 is 10.0 Å². The van der Waals surface area contributed by atoms with Crippen LogP contribution in [0.3, 0.4) is 0 Å². The summed E-state index contributed by atoms with van der Waals surface area (Å²) in [6, 6.07) is 11.1. The van der Waals surface area contributed by atoms with E-state index in [2.05, 4.69) is 9.82 Å². The molecular formula is C17H18ClN3O2S2. The summed E-state index contributed by atoms with van der Waals surface area (Å²) in [5.41, 5.74) is 4.24. The quantitative estimate of drug-likeness (QED) is 0.697. The highest BCUT2D eigenvalue weighted by molar-refractivity contribution is 7.94. The number of hydrogen-bond acceptors (Lipinski definition) is 4. The minimum absolute atomic E-state index is 0.183. The van der Waals surface area contributed by atoms with Crippen LogP contribution in [0, 0.1) is 20.8 Å². The van der Waals surface area contributed by atoms with Gasteiger partial charge in [0.2, 0.25) is 0 Å². The van der Waals surface area contributed by atoms with E-state index >= 15 is 0 Å². The van der Waals surface area contributed by atoms with Gasteiger partial charge in [-0.05, 0) is 44.0 Å². The summed E-state index contributed by atoms with van der Waals surface area (Å²) in [5.74, 6) is 0. The summed E-state index contributed by atoms with van der Waals surface area (Å²) in [6.45, 7) is 6.29. The molecule has 1 aromatic carbocycles. The summed E-state index contributed by atoms with van der Waals surface area (Å²) in [6.07, 6.45) is 0. The largest absolute Gasteiger partial charge is 0.275 e. The maximum absolute atomic E-state index is 12.5. The van der Waals surface area contributed by atoms with Crippen molar-refractivity contribution in [2.24, 2.45) is 0 Å². The van der Waals surface area contributed by atoms with Crippen LogP contribution in [0.2, 0.25) is 4.34 Å². The molecule has 0 saturated heterocycles. The average molecular weight is 396 g/mol. The van der Waals surface area contributed by atoms with Crippen LogP contribution in [0.4, 0.5) is 5.69 Å². The number of rotatable bonds is 5. The van der Waals surface area contributed by atoms with Crippen molar-refractivity contribution in [3.63, 3.8) is 0 Å². The zero-order chi connectivity index (χ0) is 18.2. The van der Waals surface area contributed by atoms with Crippen molar-refractivity contribution < 1.29 is 8.42 Å². The Morgan fingerprint density at radius 2 is 1.88 bits per heavy atom. The molecule has 0 atom stereocenters. The van der Waals surface area contributed by atoms with Gasteiger partial charge in [-0.2, -0.15) is 5.10 Å². The number of nitrogens with zero attached hydrogens (tertiary/aromatic N) is 2. The third-order valence-corrected chi connectivity index (χ3v) is 7.09. The first-order valence-corrected chi connectivity index (χ1v) is 10.3. The molecule has 2 heterocycles. The Morgan fingerprint density at radius 3 is 2.52 bits per heavy atom.